The van der Waals surface area contributed by atoms with Gasteiger partial charge in [0, 0.05) is 45.8 Å². The molecule has 5 heteroatoms. The largest absolute Gasteiger partial charge is 0.379 e. The van der Waals surface area contributed by atoms with Crippen molar-refractivity contribution >= 4 is 11.6 Å². The zero-order chi connectivity index (χ0) is 20.6. The Balaban J connectivity index is 1.60. The van der Waals surface area contributed by atoms with Crippen molar-refractivity contribution < 1.29 is 9.53 Å². The highest BCUT2D eigenvalue weighted by molar-refractivity contribution is 5.76. The Morgan fingerprint density at radius 3 is 2.34 bits per heavy atom. The fourth-order valence-corrected chi connectivity index (χ4v) is 3.65. The van der Waals surface area contributed by atoms with E-state index in [2.05, 4.69) is 70.6 Å². The summed E-state index contributed by atoms with van der Waals surface area (Å²) in [6.07, 6.45) is 1.28. The van der Waals surface area contributed by atoms with Crippen LogP contribution in [-0.4, -0.2) is 57.8 Å². The molecular weight excluding hydrogens is 362 g/mol. The molecule has 1 unspecified atom stereocenters. The maximum Gasteiger partial charge on any atom is 0.220 e. The lowest BCUT2D eigenvalue weighted by Gasteiger charge is -2.35. The Labute approximate surface area is 174 Å². The third-order valence-corrected chi connectivity index (χ3v) is 5.53. The molecule has 1 aliphatic heterocycles. The van der Waals surface area contributed by atoms with Crippen LogP contribution < -0.4 is 10.2 Å². The number of ether oxygens (including phenoxy) is 1. The van der Waals surface area contributed by atoms with Gasteiger partial charge in [-0.05, 0) is 36.6 Å². The molecule has 0 radical (unpaired) electrons. The van der Waals surface area contributed by atoms with Crippen LogP contribution in [0.2, 0.25) is 0 Å². The van der Waals surface area contributed by atoms with Crippen LogP contribution in [0.5, 0.6) is 0 Å². The molecule has 1 fully saturated rings. The highest BCUT2D eigenvalue weighted by Gasteiger charge is 2.23. The number of amides is 1. The van der Waals surface area contributed by atoms with E-state index in [-0.39, 0.29) is 11.9 Å². The van der Waals surface area contributed by atoms with Gasteiger partial charge >= 0.3 is 0 Å². The first-order valence-electron chi connectivity index (χ1n) is 10.4. The molecule has 156 valence electrons. The highest BCUT2D eigenvalue weighted by Crippen LogP contribution is 2.24. The Hall–Kier alpha value is -2.37. The number of carbonyl (C=O) groups is 1. The highest BCUT2D eigenvalue weighted by atomic mass is 16.5. The molecule has 2 aromatic carbocycles. The summed E-state index contributed by atoms with van der Waals surface area (Å²) in [5.41, 5.74) is 4.86. The van der Waals surface area contributed by atoms with Crippen LogP contribution in [0, 0.1) is 6.92 Å². The number of aryl methyl sites for hydroxylation is 2. The Morgan fingerprint density at radius 2 is 1.72 bits per heavy atom. The minimum Gasteiger partial charge on any atom is -0.379 e. The normalized spacial score (nSPS) is 15.7. The monoisotopic (exact) mass is 395 g/mol. The summed E-state index contributed by atoms with van der Waals surface area (Å²) in [5, 5.41) is 3.17. The molecule has 0 spiro atoms. The molecule has 1 atom stereocenters. The van der Waals surface area contributed by atoms with Crippen LogP contribution in [0.4, 0.5) is 5.69 Å². The van der Waals surface area contributed by atoms with Gasteiger partial charge in [0.05, 0.1) is 19.3 Å². The molecular formula is C24H33N3O2. The van der Waals surface area contributed by atoms with Crippen LogP contribution in [0.15, 0.2) is 48.5 Å². The number of anilines is 1. The SMILES string of the molecule is Cc1ccc(CCC(=O)NCC(c2ccc(N(C)C)cc2)N2CCOCC2)cc1. The molecule has 3 rings (SSSR count). The van der Waals surface area contributed by atoms with Crippen LogP contribution in [0.25, 0.3) is 0 Å². The van der Waals surface area contributed by atoms with Crippen molar-refractivity contribution in [2.75, 3.05) is 51.8 Å². The second-order valence-electron chi connectivity index (χ2n) is 7.94. The topological polar surface area (TPSA) is 44.8 Å². The van der Waals surface area contributed by atoms with Gasteiger partial charge in [0.15, 0.2) is 0 Å². The summed E-state index contributed by atoms with van der Waals surface area (Å²) in [6, 6.07) is 17.2. The van der Waals surface area contributed by atoms with E-state index in [0.717, 1.165) is 32.7 Å². The van der Waals surface area contributed by atoms with E-state index in [1.54, 1.807) is 0 Å². The first-order valence-corrected chi connectivity index (χ1v) is 10.4. The average Bonchev–Trinajstić information content (AvgIpc) is 2.74. The molecule has 1 N–H and O–H groups in total. The fraction of sp³-hybridized carbons (Fsp3) is 0.458. The molecule has 2 aromatic rings. The van der Waals surface area contributed by atoms with Crippen molar-refractivity contribution in [3.8, 4) is 0 Å². The van der Waals surface area contributed by atoms with E-state index >= 15 is 0 Å². The summed E-state index contributed by atoms with van der Waals surface area (Å²) >= 11 is 0. The third kappa shape index (κ3) is 6.31. The van der Waals surface area contributed by atoms with Gasteiger partial charge < -0.3 is 15.0 Å². The molecule has 1 amide bonds. The maximum absolute atomic E-state index is 12.5. The van der Waals surface area contributed by atoms with Gasteiger partial charge in [-0.3, -0.25) is 9.69 Å². The molecule has 0 bridgehead atoms. The lowest BCUT2D eigenvalue weighted by Crippen LogP contribution is -2.43. The van der Waals surface area contributed by atoms with Crippen LogP contribution in [0.1, 0.15) is 29.2 Å². The Morgan fingerprint density at radius 1 is 1.07 bits per heavy atom. The van der Waals surface area contributed by atoms with Crippen molar-refractivity contribution in [1.82, 2.24) is 10.2 Å². The second kappa shape index (κ2) is 10.4. The number of hydrogen-bond donors (Lipinski definition) is 1. The third-order valence-electron chi connectivity index (χ3n) is 5.53. The summed E-state index contributed by atoms with van der Waals surface area (Å²) in [6.45, 7) is 5.96. The Kier molecular flexibility index (Phi) is 7.67. The van der Waals surface area contributed by atoms with Crippen LogP contribution in [0.3, 0.4) is 0 Å². The minimum absolute atomic E-state index is 0.105. The van der Waals surface area contributed by atoms with Gasteiger partial charge in [-0.15, -0.1) is 0 Å². The lowest BCUT2D eigenvalue weighted by atomic mass is 10.0. The van der Waals surface area contributed by atoms with Crippen molar-refractivity contribution in [3.05, 3.63) is 65.2 Å². The smallest absolute Gasteiger partial charge is 0.220 e. The summed E-state index contributed by atoms with van der Waals surface area (Å²) in [4.78, 5) is 17.0. The van der Waals surface area contributed by atoms with Gasteiger partial charge in [0.2, 0.25) is 5.91 Å². The first-order chi connectivity index (χ1) is 14.0. The standard InChI is InChI=1S/C24H33N3O2/c1-19-4-6-20(7-5-19)8-13-24(28)25-18-23(27-14-16-29-17-15-27)21-9-11-22(12-10-21)26(2)3/h4-7,9-12,23H,8,13-18H2,1-3H3,(H,25,28). The predicted molar refractivity (Wildman–Crippen MR) is 118 cm³/mol. The summed E-state index contributed by atoms with van der Waals surface area (Å²) in [7, 11) is 4.09. The van der Waals surface area contributed by atoms with Crippen molar-refractivity contribution in [2.45, 2.75) is 25.8 Å². The number of carbonyl (C=O) groups excluding carboxylic acids is 1. The maximum atomic E-state index is 12.5. The number of nitrogens with zero attached hydrogens (tertiary/aromatic N) is 2. The van der Waals surface area contributed by atoms with E-state index in [0.29, 0.717) is 13.0 Å². The number of benzene rings is 2. The van der Waals surface area contributed by atoms with E-state index < -0.39 is 0 Å². The predicted octanol–water partition coefficient (Wildman–Crippen LogP) is 3.18. The van der Waals surface area contributed by atoms with E-state index in [1.807, 2.05) is 14.1 Å². The summed E-state index contributed by atoms with van der Waals surface area (Å²) in [5.74, 6) is 0.105. The zero-order valence-electron chi connectivity index (χ0n) is 17.9. The van der Waals surface area contributed by atoms with Crippen molar-refractivity contribution in [1.29, 1.82) is 0 Å². The molecule has 1 aliphatic rings. The first kappa shape index (κ1) is 21.3. The Bertz CT molecular complexity index is 766. The van der Waals surface area contributed by atoms with Gasteiger partial charge in [0.25, 0.3) is 0 Å². The van der Waals surface area contributed by atoms with Gasteiger partial charge in [-0.2, -0.15) is 0 Å². The average molecular weight is 396 g/mol. The number of morpholine rings is 1. The molecule has 0 aromatic heterocycles. The van der Waals surface area contributed by atoms with Crippen molar-refractivity contribution in [2.24, 2.45) is 0 Å². The van der Waals surface area contributed by atoms with Crippen LogP contribution in [-0.2, 0) is 16.0 Å². The molecule has 0 aliphatic carbocycles. The number of nitrogens with one attached hydrogen (secondary N) is 1. The van der Waals surface area contributed by atoms with Crippen molar-refractivity contribution in [3.63, 3.8) is 0 Å². The van der Waals surface area contributed by atoms with E-state index in [4.69, 9.17) is 4.74 Å². The van der Waals surface area contributed by atoms with Gasteiger partial charge in [-0.25, -0.2) is 0 Å². The zero-order valence-corrected chi connectivity index (χ0v) is 17.9. The second-order valence-corrected chi connectivity index (χ2v) is 7.94. The number of rotatable bonds is 8. The van der Waals surface area contributed by atoms with Gasteiger partial charge in [-0.1, -0.05) is 42.0 Å². The fourth-order valence-electron chi connectivity index (χ4n) is 3.65. The van der Waals surface area contributed by atoms with Gasteiger partial charge in [0.1, 0.15) is 0 Å². The molecule has 5 nitrogen and oxygen atoms in total. The van der Waals surface area contributed by atoms with E-state index in [9.17, 15) is 4.79 Å². The lowest BCUT2D eigenvalue weighted by molar-refractivity contribution is -0.121. The molecule has 29 heavy (non-hydrogen) atoms. The molecule has 0 saturated carbocycles. The van der Waals surface area contributed by atoms with E-state index in [1.165, 1.54) is 22.4 Å². The summed E-state index contributed by atoms with van der Waals surface area (Å²) < 4.78 is 5.52. The quantitative estimate of drug-likeness (QED) is 0.746. The number of hydrogen-bond acceptors (Lipinski definition) is 4. The molecule has 1 saturated heterocycles. The molecule has 1 heterocycles. The minimum atomic E-state index is 0.105. The van der Waals surface area contributed by atoms with Crippen LogP contribution >= 0.6 is 0 Å².